The number of halogens is 2. The van der Waals surface area contributed by atoms with Crippen LogP contribution in [-0.4, -0.2) is 6.04 Å². The lowest BCUT2D eigenvalue weighted by molar-refractivity contribution is 0.660. The Morgan fingerprint density at radius 2 is 1.83 bits per heavy atom. The van der Waals surface area contributed by atoms with Gasteiger partial charge in [-0.1, -0.05) is 30.3 Å². The highest BCUT2D eigenvalue weighted by Gasteiger charge is 2.14. The SMILES string of the molecule is C[C@H](NCl)C(Cl)c1ccccc1. The van der Waals surface area contributed by atoms with Crippen LogP contribution in [-0.2, 0) is 0 Å². The largest absolute Gasteiger partial charge is 0.229 e. The van der Waals surface area contributed by atoms with Crippen molar-refractivity contribution < 1.29 is 0 Å². The Hall–Kier alpha value is -0.240. The maximum Gasteiger partial charge on any atom is 0.0748 e. The summed E-state index contributed by atoms with van der Waals surface area (Å²) in [7, 11) is 0. The van der Waals surface area contributed by atoms with Crippen molar-refractivity contribution in [1.82, 2.24) is 4.84 Å². The molecule has 1 aromatic carbocycles. The Balaban J connectivity index is 2.71. The molecule has 0 saturated carbocycles. The molecular formula is C9H11Cl2N. The van der Waals surface area contributed by atoms with E-state index in [1.54, 1.807) is 0 Å². The van der Waals surface area contributed by atoms with E-state index in [9.17, 15) is 0 Å². The van der Waals surface area contributed by atoms with E-state index in [4.69, 9.17) is 23.4 Å². The highest BCUT2D eigenvalue weighted by atomic mass is 35.5. The normalized spacial score (nSPS) is 15.6. The highest BCUT2D eigenvalue weighted by Crippen LogP contribution is 2.23. The number of hydrogen-bond acceptors (Lipinski definition) is 1. The molecular weight excluding hydrogens is 193 g/mol. The second kappa shape index (κ2) is 4.70. The third-order valence-corrected chi connectivity index (χ3v) is 2.70. The molecule has 1 unspecified atom stereocenters. The summed E-state index contributed by atoms with van der Waals surface area (Å²) >= 11 is 11.6. The van der Waals surface area contributed by atoms with Gasteiger partial charge in [0.2, 0.25) is 0 Å². The number of alkyl halides is 1. The van der Waals surface area contributed by atoms with Gasteiger partial charge in [-0.25, -0.2) is 4.84 Å². The first-order valence-electron chi connectivity index (χ1n) is 3.81. The Morgan fingerprint density at radius 3 is 2.33 bits per heavy atom. The standard InChI is InChI=1S/C9H11Cl2N/c1-7(12-11)9(10)8-5-3-2-4-6-8/h2-7,9,12H,1H3/t7-,9?/m0/s1. The summed E-state index contributed by atoms with van der Waals surface area (Å²) in [6, 6.07) is 9.93. The van der Waals surface area contributed by atoms with Crippen molar-refractivity contribution >= 4 is 23.4 Å². The Labute approximate surface area is 82.8 Å². The van der Waals surface area contributed by atoms with Crippen LogP contribution in [0.4, 0.5) is 0 Å². The molecule has 0 aromatic heterocycles. The van der Waals surface area contributed by atoms with Crippen LogP contribution in [0.3, 0.4) is 0 Å². The summed E-state index contributed by atoms with van der Waals surface area (Å²) in [6.45, 7) is 1.94. The van der Waals surface area contributed by atoms with Gasteiger partial charge in [0.1, 0.15) is 0 Å². The Bertz CT molecular complexity index is 225. The van der Waals surface area contributed by atoms with Gasteiger partial charge >= 0.3 is 0 Å². The van der Waals surface area contributed by atoms with Crippen molar-refractivity contribution in [3.8, 4) is 0 Å². The Kier molecular flexibility index (Phi) is 3.86. The van der Waals surface area contributed by atoms with Gasteiger partial charge in [0.15, 0.2) is 0 Å². The van der Waals surface area contributed by atoms with E-state index in [0.717, 1.165) is 5.56 Å². The van der Waals surface area contributed by atoms with Gasteiger partial charge in [0, 0.05) is 6.04 Å². The van der Waals surface area contributed by atoms with Crippen molar-refractivity contribution in [1.29, 1.82) is 0 Å². The summed E-state index contributed by atoms with van der Waals surface area (Å²) in [5.74, 6) is 0. The first kappa shape index (κ1) is 9.85. The fraction of sp³-hybridized carbons (Fsp3) is 0.333. The summed E-state index contributed by atoms with van der Waals surface area (Å²) in [4.78, 5) is 2.60. The molecule has 0 saturated heterocycles. The maximum atomic E-state index is 6.11. The molecule has 0 amide bonds. The first-order chi connectivity index (χ1) is 5.75. The zero-order chi connectivity index (χ0) is 8.97. The zero-order valence-corrected chi connectivity index (χ0v) is 8.31. The highest BCUT2D eigenvalue weighted by molar-refractivity contribution is 6.22. The predicted molar refractivity (Wildman–Crippen MR) is 53.5 cm³/mol. The van der Waals surface area contributed by atoms with Crippen molar-refractivity contribution in [2.75, 3.05) is 0 Å². The number of benzene rings is 1. The van der Waals surface area contributed by atoms with Crippen LogP contribution in [0.2, 0.25) is 0 Å². The predicted octanol–water partition coefficient (Wildman–Crippen LogP) is 3.10. The summed E-state index contributed by atoms with van der Waals surface area (Å²) in [6.07, 6.45) is 0. The first-order valence-corrected chi connectivity index (χ1v) is 4.62. The van der Waals surface area contributed by atoms with Crippen LogP contribution in [0.5, 0.6) is 0 Å². The molecule has 1 N–H and O–H groups in total. The minimum absolute atomic E-state index is 0.0655. The molecule has 0 aliphatic heterocycles. The molecule has 0 aliphatic rings. The second-order valence-electron chi connectivity index (χ2n) is 2.71. The van der Waals surface area contributed by atoms with E-state index in [1.165, 1.54) is 0 Å². The zero-order valence-electron chi connectivity index (χ0n) is 6.80. The number of nitrogens with one attached hydrogen (secondary N) is 1. The molecule has 66 valence electrons. The smallest absolute Gasteiger partial charge is 0.0748 e. The molecule has 1 nitrogen and oxygen atoms in total. The van der Waals surface area contributed by atoms with Crippen LogP contribution >= 0.6 is 23.4 Å². The van der Waals surface area contributed by atoms with Crippen LogP contribution in [0.15, 0.2) is 30.3 Å². The second-order valence-corrected chi connectivity index (χ2v) is 3.40. The summed E-state index contributed by atoms with van der Waals surface area (Å²) < 4.78 is 0. The molecule has 0 heterocycles. The average Bonchev–Trinajstić information content (AvgIpc) is 2.17. The molecule has 0 aliphatic carbocycles. The van der Waals surface area contributed by atoms with Crippen molar-refractivity contribution in [3.63, 3.8) is 0 Å². The molecule has 1 rings (SSSR count). The van der Waals surface area contributed by atoms with Gasteiger partial charge in [-0.05, 0) is 24.3 Å². The lowest BCUT2D eigenvalue weighted by Gasteiger charge is -2.15. The molecule has 3 heteroatoms. The lowest BCUT2D eigenvalue weighted by Crippen LogP contribution is -2.21. The van der Waals surface area contributed by atoms with Crippen LogP contribution in [0.1, 0.15) is 17.9 Å². The quantitative estimate of drug-likeness (QED) is 0.589. The molecule has 12 heavy (non-hydrogen) atoms. The minimum Gasteiger partial charge on any atom is -0.229 e. The molecule has 0 bridgehead atoms. The van der Waals surface area contributed by atoms with Gasteiger partial charge in [0.25, 0.3) is 0 Å². The van der Waals surface area contributed by atoms with Crippen LogP contribution in [0, 0.1) is 0 Å². The van der Waals surface area contributed by atoms with Gasteiger partial charge in [-0.3, -0.25) is 0 Å². The third-order valence-electron chi connectivity index (χ3n) is 1.73. The van der Waals surface area contributed by atoms with Crippen LogP contribution < -0.4 is 4.84 Å². The number of hydrogen-bond donors (Lipinski definition) is 1. The molecule has 2 atom stereocenters. The molecule has 1 aromatic rings. The average molecular weight is 204 g/mol. The maximum absolute atomic E-state index is 6.11. The van der Waals surface area contributed by atoms with E-state index < -0.39 is 0 Å². The monoisotopic (exact) mass is 203 g/mol. The molecule has 0 radical (unpaired) electrons. The van der Waals surface area contributed by atoms with Gasteiger partial charge in [0.05, 0.1) is 5.38 Å². The van der Waals surface area contributed by atoms with Crippen LogP contribution in [0.25, 0.3) is 0 Å². The van der Waals surface area contributed by atoms with E-state index in [2.05, 4.69) is 4.84 Å². The van der Waals surface area contributed by atoms with E-state index in [1.807, 2.05) is 37.3 Å². The number of rotatable bonds is 3. The topological polar surface area (TPSA) is 12.0 Å². The molecule has 0 spiro atoms. The van der Waals surface area contributed by atoms with Crippen molar-refractivity contribution in [2.45, 2.75) is 18.3 Å². The van der Waals surface area contributed by atoms with E-state index >= 15 is 0 Å². The fourth-order valence-electron chi connectivity index (χ4n) is 0.981. The summed E-state index contributed by atoms with van der Waals surface area (Å²) in [5.41, 5.74) is 1.08. The van der Waals surface area contributed by atoms with Gasteiger partial charge in [-0.2, -0.15) is 0 Å². The van der Waals surface area contributed by atoms with Crippen molar-refractivity contribution in [2.24, 2.45) is 0 Å². The van der Waals surface area contributed by atoms with E-state index in [-0.39, 0.29) is 11.4 Å². The summed E-state index contributed by atoms with van der Waals surface area (Å²) in [5, 5.41) is -0.0799. The lowest BCUT2D eigenvalue weighted by atomic mass is 10.1. The van der Waals surface area contributed by atoms with Gasteiger partial charge in [-0.15, -0.1) is 11.6 Å². The van der Waals surface area contributed by atoms with Crippen molar-refractivity contribution in [3.05, 3.63) is 35.9 Å². The van der Waals surface area contributed by atoms with E-state index in [0.29, 0.717) is 0 Å². The fourth-order valence-corrected chi connectivity index (χ4v) is 1.38. The molecule has 0 fully saturated rings. The Morgan fingerprint density at radius 1 is 1.25 bits per heavy atom. The third kappa shape index (κ3) is 2.37. The van der Waals surface area contributed by atoms with Gasteiger partial charge < -0.3 is 0 Å². The minimum atomic E-state index is -0.0799.